The largest absolute Gasteiger partial charge is 0.324 e. The highest BCUT2D eigenvalue weighted by molar-refractivity contribution is 7.99. The molecule has 3 nitrogen and oxygen atoms in total. The van der Waals surface area contributed by atoms with Crippen LogP contribution in [0.5, 0.6) is 0 Å². The molecule has 2 atom stereocenters. The van der Waals surface area contributed by atoms with Gasteiger partial charge in [0.25, 0.3) is 0 Å². The molecule has 2 aliphatic heterocycles. The molecule has 0 aromatic heterocycles. The van der Waals surface area contributed by atoms with Crippen LogP contribution in [0, 0.1) is 0 Å². The Morgan fingerprint density at radius 3 is 2.75 bits per heavy atom. The number of nitrogens with one attached hydrogen (secondary N) is 1. The molecule has 1 amide bonds. The lowest BCUT2D eigenvalue weighted by atomic mass is 9.98. The molecule has 2 unspecified atom stereocenters. The maximum absolute atomic E-state index is 12.9. The Kier molecular flexibility index (Phi) is 4.61. The summed E-state index contributed by atoms with van der Waals surface area (Å²) in [5, 5.41) is 4.40. The topological polar surface area (TPSA) is 32.3 Å². The lowest BCUT2D eigenvalue weighted by Crippen LogP contribution is -2.44. The molecule has 1 saturated carbocycles. The highest BCUT2D eigenvalue weighted by atomic mass is 32.2. The van der Waals surface area contributed by atoms with Gasteiger partial charge in [-0.05, 0) is 37.9 Å². The van der Waals surface area contributed by atoms with E-state index in [0.717, 1.165) is 32.2 Å². The van der Waals surface area contributed by atoms with E-state index in [0.29, 0.717) is 17.3 Å². The fraction of sp³-hybridized carbons (Fsp3) is 0.938. The summed E-state index contributed by atoms with van der Waals surface area (Å²) < 4.78 is 0. The summed E-state index contributed by atoms with van der Waals surface area (Å²) in [7, 11) is 0. The molecule has 1 aliphatic carbocycles. The predicted molar refractivity (Wildman–Crippen MR) is 84.8 cm³/mol. The summed E-state index contributed by atoms with van der Waals surface area (Å²) in [6.45, 7) is 3.20. The molecule has 1 N–H and O–H groups in total. The molecule has 3 aliphatic rings. The number of carbonyl (C=O) groups excluding carboxylic acids is 1. The number of hydrogen-bond acceptors (Lipinski definition) is 3. The van der Waals surface area contributed by atoms with Gasteiger partial charge in [-0.1, -0.05) is 32.6 Å². The SMILES string of the molecule is CCCC1NC2(CCCC2)C(=O)N1CC1CCCCS1. The van der Waals surface area contributed by atoms with Gasteiger partial charge in [0.05, 0.1) is 11.7 Å². The molecule has 0 aromatic rings. The Balaban J connectivity index is 1.70. The van der Waals surface area contributed by atoms with E-state index in [2.05, 4.69) is 28.9 Å². The average molecular weight is 296 g/mol. The molecule has 0 aromatic carbocycles. The molecule has 0 bridgehead atoms. The van der Waals surface area contributed by atoms with E-state index in [1.165, 1.54) is 37.9 Å². The normalized spacial score (nSPS) is 33.2. The lowest BCUT2D eigenvalue weighted by Gasteiger charge is -2.30. The zero-order chi connectivity index (χ0) is 14.0. The van der Waals surface area contributed by atoms with Crippen LogP contribution in [-0.4, -0.2) is 40.1 Å². The minimum atomic E-state index is -0.181. The predicted octanol–water partition coefficient (Wildman–Crippen LogP) is 3.14. The van der Waals surface area contributed by atoms with Crippen molar-refractivity contribution in [3.8, 4) is 0 Å². The molecular weight excluding hydrogens is 268 g/mol. The number of carbonyl (C=O) groups is 1. The van der Waals surface area contributed by atoms with Crippen molar-refractivity contribution >= 4 is 17.7 Å². The standard InChI is InChI=1S/C16H28N2OS/c1-2-7-14-17-16(9-4-5-10-16)15(19)18(14)12-13-8-3-6-11-20-13/h13-14,17H,2-12H2,1H3. The van der Waals surface area contributed by atoms with Gasteiger partial charge in [-0.15, -0.1) is 0 Å². The molecular formula is C16H28N2OS. The second-order valence-electron chi connectivity index (χ2n) is 6.68. The second kappa shape index (κ2) is 6.27. The Morgan fingerprint density at radius 1 is 1.30 bits per heavy atom. The van der Waals surface area contributed by atoms with Crippen molar-refractivity contribution in [1.29, 1.82) is 0 Å². The third-order valence-corrected chi connectivity index (χ3v) is 6.56. The molecule has 114 valence electrons. The van der Waals surface area contributed by atoms with Crippen molar-refractivity contribution in [2.24, 2.45) is 0 Å². The summed E-state index contributed by atoms with van der Waals surface area (Å²) in [6.07, 6.45) is 11.1. The van der Waals surface area contributed by atoms with Crippen molar-refractivity contribution in [2.75, 3.05) is 12.3 Å². The van der Waals surface area contributed by atoms with Crippen molar-refractivity contribution in [3.05, 3.63) is 0 Å². The fourth-order valence-corrected chi connectivity index (χ4v) is 5.40. The van der Waals surface area contributed by atoms with Crippen LogP contribution in [0.3, 0.4) is 0 Å². The van der Waals surface area contributed by atoms with Crippen LogP contribution in [0.25, 0.3) is 0 Å². The maximum atomic E-state index is 12.9. The van der Waals surface area contributed by atoms with Gasteiger partial charge in [0.15, 0.2) is 0 Å². The summed E-state index contributed by atoms with van der Waals surface area (Å²) >= 11 is 2.08. The van der Waals surface area contributed by atoms with E-state index in [1.54, 1.807) is 0 Å². The van der Waals surface area contributed by atoms with Gasteiger partial charge in [-0.3, -0.25) is 10.1 Å². The van der Waals surface area contributed by atoms with Crippen LogP contribution < -0.4 is 5.32 Å². The molecule has 3 rings (SSSR count). The highest BCUT2D eigenvalue weighted by Gasteiger charge is 2.52. The van der Waals surface area contributed by atoms with Gasteiger partial charge in [0.1, 0.15) is 0 Å². The quantitative estimate of drug-likeness (QED) is 0.865. The van der Waals surface area contributed by atoms with E-state index in [9.17, 15) is 4.79 Å². The summed E-state index contributed by atoms with van der Waals surface area (Å²) in [5.41, 5.74) is -0.181. The van der Waals surface area contributed by atoms with Crippen molar-refractivity contribution < 1.29 is 4.79 Å². The molecule has 4 heteroatoms. The van der Waals surface area contributed by atoms with E-state index >= 15 is 0 Å². The number of nitrogens with zero attached hydrogens (tertiary/aromatic N) is 1. The first-order valence-electron chi connectivity index (χ1n) is 8.45. The minimum Gasteiger partial charge on any atom is -0.324 e. The summed E-state index contributed by atoms with van der Waals surface area (Å²) in [6, 6.07) is 0. The van der Waals surface area contributed by atoms with E-state index in [-0.39, 0.29) is 5.54 Å². The number of rotatable bonds is 4. The Labute approximate surface area is 127 Å². The van der Waals surface area contributed by atoms with Crippen molar-refractivity contribution in [2.45, 2.75) is 81.7 Å². The first-order valence-corrected chi connectivity index (χ1v) is 9.50. The fourth-order valence-electron chi connectivity index (χ4n) is 4.09. The van der Waals surface area contributed by atoms with Gasteiger partial charge >= 0.3 is 0 Å². The Hall–Kier alpha value is -0.220. The summed E-state index contributed by atoms with van der Waals surface area (Å²) in [5.74, 6) is 1.70. The number of amides is 1. The molecule has 3 fully saturated rings. The van der Waals surface area contributed by atoms with E-state index in [4.69, 9.17) is 0 Å². The van der Waals surface area contributed by atoms with Gasteiger partial charge in [-0.2, -0.15) is 11.8 Å². The van der Waals surface area contributed by atoms with Crippen LogP contribution >= 0.6 is 11.8 Å². The van der Waals surface area contributed by atoms with Crippen LogP contribution in [0.15, 0.2) is 0 Å². The van der Waals surface area contributed by atoms with E-state index < -0.39 is 0 Å². The highest BCUT2D eigenvalue weighted by Crippen LogP contribution is 2.38. The van der Waals surface area contributed by atoms with Gasteiger partial charge in [0.2, 0.25) is 5.91 Å². The molecule has 2 saturated heterocycles. The van der Waals surface area contributed by atoms with Crippen LogP contribution in [0.4, 0.5) is 0 Å². The molecule has 0 radical (unpaired) electrons. The monoisotopic (exact) mass is 296 g/mol. The van der Waals surface area contributed by atoms with Crippen molar-refractivity contribution in [1.82, 2.24) is 10.2 Å². The summed E-state index contributed by atoms with van der Waals surface area (Å²) in [4.78, 5) is 15.1. The average Bonchev–Trinajstić information content (AvgIpc) is 3.03. The Morgan fingerprint density at radius 2 is 2.10 bits per heavy atom. The van der Waals surface area contributed by atoms with Gasteiger partial charge < -0.3 is 4.90 Å². The Bertz CT molecular complexity index is 348. The zero-order valence-electron chi connectivity index (χ0n) is 12.7. The minimum absolute atomic E-state index is 0.181. The van der Waals surface area contributed by atoms with Gasteiger partial charge in [0, 0.05) is 11.8 Å². The second-order valence-corrected chi connectivity index (χ2v) is 8.09. The zero-order valence-corrected chi connectivity index (χ0v) is 13.5. The smallest absolute Gasteiger partial charge is 0.244 e. The van der Waals surface area contributed by atoms with Crippen LogP contribution in [0.1, 0.15) is 64.7 Å². The molecule has 20 heavy (non-hydrogen) atoms. The molecule has 2 heterocycles. The van der Waals surface area contributed by atoms with Crippen molar-refractivity contribution in [3.63, 3.8) is 0 Å². The van der Waals surface area contributed by atoms with Gasteiger partial charge in [-0.25, -0.2) is 0 Å². The third kappa shape index (κ3) is 2.74. The molecule has 1 spiro atoms. The third-order valence-electron chi connectivity index (χ3n) is 5.18. The van der Waals surface area contributed by atoms with Crippen LogP contribution in [-0.2, 0) is 4.79 Å². The first kappa shape index (κ1) is 14.7. The number of thioether (sulfide) groups is 1. The van der Waals surface area contributed by atoms with Crippen LogP contribution in [0.2, 0.25) is 0 Å². The number of hydrogen-bond donors (Lipinski definition) is 1. The maximum Gasteiger partial charge on any atom is 0.244 e. The van der Waals surface area contributed by atoms with E-state index in [1.807, 2.05) is 0 Å². The first-order chi connectivity index (χ1) is 9.75. The lowest BCUT2D eigenvalue weighted by molar-refractivity contribution is -0.133.